The third kappa shape index (κ3) is 2.08. The summed E-state index contributed by atoms with van der Waals surface area (Å²) in [6.45, 7) is 1.88. The summed E-state index contributed by atoms with van der Waals surface area (Å²) in [5, 5.41) is 2.51. The van der Waals surface area contributed by atoms with E-state index in [1.165, 1.54) is 10.9 Å². The Labute approximate surface area is 173 Å². The van der Waals surface area contributed by atoms with E-state index in [0.29, 0.717) is 5.56 Å². The molecule has 31 heavy (non-hydrogen) atoms. The Kier molecular flexibility index (Phi) is 3.44. The molecule has 3 aromatic heterocycles. The molecular formula is C24H14F4N3+. The lowest BCUT2D eigenvalue weighted by Crippen LogP contribution is -2.32. The maximum Gasteiger partial charge on any atom is 0.287 e. The van der Waals surface area contributed by atoms with Crippen LogP contribution in [0.4, 0.5) is 17.6 Å². The number of halogens is 4. The van der Waals surface area contributed by atoms with Crippen molar-refractivity contribution in [2.45, 2.75) is 6.92 Å². The predicted octanol–water partition coefficient (Wildman–Crippen LogP) is 5.59. The Morgan fingerprint density at radius 3 is 2.29 bits per heavy atom. The van der Waals surface area contributed by atoms with Crippen molar-refractivity contribution in [2.24, 2.45) is 7.05 Å². The number of nitrogens with zero attached hydrogens (tertiary/aromatic N) is 3. The molecule has 0 spiro atoms. The quantitative estimate of drug-likeness (QED) is 0.147. The zero-order chi connectivity index (χ0) is 21.6. The van der Waals surface area contributed by atoms with E-state index in [0.717, 1.165) is 32.9 Å². The van der Waals surface area contributed by atoms with E-state index >= 15 is 0 Å². The van der Waals surface area contributed by atoms with Crippen LogP contribution >= 0.6 is 0 Å². The van der Waals surface area contributed by atoms with Gasteiger partial charge in [0.15, 0.2) is 17.3 Å². The molecule has 0 bridgehead atoms. The van der Waals surface area contributed by atoms with Crippen molar-refractivity contribution in [1.82, 2.24) is 9.38 Å². The maximum atomic E-state index is 15.0. The summed E-state index contributed by atoms with van der Waals surface area (Å²) in [6.07, 6.45) is 1.28. The number of para-hydroxylation sites is 2. The van der Waals surface area contributed by atoms with Gasteiger partial charge in [0.1, 0.15) is 5.39 Å². The van der Waals surface area contributed by atoms with Gasteiger partial charge in [0.05, 0.1) is 23.6 Å². The van der Waals surface area contributed by atoms with Crippen LogP contribution in [0, 0.1) is 30.2 Å². The van der Waals surface area contributed by atoms with Gasteiger partial charge in [-0.05, 0) is 18.0 Å². The fourth-order valence-corrected chi connectivity index (χ4v) is 4.81. The van der Waals surface area contributed by atoms with Crippen LogP contribution in [-0.2, 0) is 7.05 Å². The lowest BCUT2D eigenvalue weighted by atomic mass is 10.0. The van der Waals surface area contributed by atoms with Crippen LogP contribution in [0.5, 0.6) is 0 Å². The van der Waals surface area contributed by atoms with Crippen LogP contribution in [0.15, 0.2) is 48.8 Å². The van der Waals surface area contributed by atoms with Gasteiger partial charge in [0.2, 0.25) is 17.2 Å². The van der Waals surface area contributed by atoms with E-state index in [2.05, 4.69) is 9.38 Å². The molecule has 0 aliphatic heterocycles. The molecule has 6 aromatic rings. The SMILES string of the molecule is Cc1c(-c2c3c(F)c(F)c(F)c(F)c3nc[n+]2C)c2cccc3c4ccccc4n1c23. The highest BCUT2D eigenvalue weighted by molar-refractivity contribution is 6.19. The molecule has 0 aliphatic carbocycles. The van der Waals surface area contributed by atoms with Gasteiger partial charge in [-0.2, -0.15) is 4.39 Å². The fourth-order valence-electron chi connectivity index (χ4n) is 4.81. The van der Waals surface area contributed by atoms with Gasteiger partial charge in [-0.25, -0.2) is 17.7 Å². The molecule has 0 saturated heterocycles. The maximum absolute atomic E-state index is 15.0. The van der Waals surface area contributed by atoms with Crippen LogP contribution in [0.25, 0.3) is 49.4 Å². The molecule has 3 aromatic carbocycles. The van der Waals surface area contributed by atoms with E-state index in [-0.39, 0.29) is 11.1 Å². The average Bonchev–Trinajstić information content (AvgIpc) is 3.27. The largest absolute Gasteiger partial charge is 0.312 e. The third-order valence-electron chi connectivity index (χ3n) is 6.09. The number of rotatable bonds is 1. The predicted molar refractivity (Wildman–Crippen MR) is 110 cm³/mol. The highest BCUT2D eigenvalue weighted by Crippen LogP contribution is 2.42. The Hall–Kier alpha value is -3.74. The number of aryl methyl sites for hydroxylation is 2. The Bertz CT molecular complexity index is 1700. The number of fused-ring (bicyclic) bond motifs is 4. The van der Waals surface area contributed by atoms with E-state index in [4.69, 9.17) is 0 Å². The van der Waals surface area contributed by atoms with Crippen LogP contribution in [0.3, 0.4) is 0 Å². The molecule has 0 atom stereocenters. The summed E-state index contributed by atoms with van der Waals surface area (Å²) in [5.41, 5.74) is 2.99. The van der Waals surface area contributed by atoms with E-state index in [9.17, 15) is 17.6 Å². The molecule has 0 N–H and O–H groups in total. The molecule has 0 radical (unpaired) electrons. The van der Waals surface area contributed by atoms with Gasteiger partial charge in [-0.15, -0.1) is 0 Å². The summed E-state index contributed by atoms with van der Waals surface area (Å²) in [7, 11) is 1.62. The van der Waals surface area contributed by atoms with Crippen molar-refractivity contribution < 1.29 is 22.1 Å². The summed E-state index contributed by atoms with van der Waals surface area (Å²) in [4.78, 5) is 3.85. The van der Waals surface area contributed by atoms with Gasteiger partial charge >= 0.3 is 0 Å². The number of benzene rings is 3. The molecule has 0 fully saturated rings. The zero-order valence-corrected chi connectivity index (χ0v) is 16.5. The van der Waals surface area contributed by atoms with Gasteiger partial charge in [-0.3, -0.25) is 0 Å². The smallest absolute Gasteiger partial charge is 0.287 e. The van der Waals surface area contributed by atoms with E-state index in [1.807, 2.05) is 49.4 Å². The highest BCUT2D eigenvalue weighted by Gasteiger charge is 2.32. The lowest BCUT2D eigenvalue weighted by molar-refractivity contribution is -0.662. The van der Waals surface area contributed by atoms with Crippen molar-refractivity contribution in [3.05, 3.63) is 77.8 Å². The Morgan fingerprint density at radius 1 is 0.806 bits per heavy atom. The summed E-state index contributed by atoms with van der Waals surface area (Å²) < 4.78 is 61.2. The van der Waals surface area contributed by atoms with Gasteiger partial charge < -0.3 is 4.40 Å². The summed E-state index contributed by atoms with van der Waals surface area (Å²) in [6, 6.07) is 13.7. The van der Waals surface area contributed by atoms with Crippen LogP contribution in [-0.4, -0.2) is 9.38 Å². The first-order valence-corrected chi connectivity index (χ1v) is 9.66. The molecular weight excluding hydrogens is 406 g/mol. The van der Waals surface area contributed by atoms with Crippen LogP contribution in [0.2, 0.25) is 0 Å². The average molecular weight is 420 g/mol. The van der Waals surface area contributed by atoms with Crippen molar-refractivity contribution in [1.29, 1.82) is 0 Å². The minimum Gasteiger partial charge on any atom is -0.312 e. The van der Waals surface area contributed by atoms with Gasteiger partial charge in [0.25, 0.3) is 6.33 Å². The minimum atomic E-state index is -1.87. The molecule has 0 saturated carbocycles. The van der Waals surface area contributed by atoms with Crippen molar-refractivity contribution in [3.63, 3.8) is 0 Å². The number of hydrogen-bond acceptors (Lipinski definition) is 1. The first-order chi connectivity index (χ1) is 14.9. The van der Waals surface area contributed by atoms with Gasteiger partial charge in [0, 0.05) is 21.9 Å². The standard InChI is InChI=1S/C24H14F4N3/c1-11-16(14-8-5-7-13-12-6-3-4-9-15(12)31(11)23(13)14)24-17-18(25)19(26)20(27)21(28)22(17)29-10-30(24)2/h3-10H,1-2H3/q+1. The Balaban J connectivity index is 1.89. The van der Waals surface area contributed by atoms with Gasteiger partial charge in [-0.1, -0.05) is 36.4 Å². The molecule has 3 heterocycles. The molecule has 6 rings (SSSR count). The monoisotopic (exact) mass is 420 g/mol. The second kappa shape index (κ2) is 5.91. The molecule has 0 aliphatic rings. The highest BCUT2D eigenvalue weighted by atomic mass is 19.2. The third-order valence-corrected chi connectivity index (χ3v) is 6.09. The molecule has 3 nitrogen and oxygen atoms in total. The van der Waals surface area contributed by atoms with Crippen molar-refractivity contribution in [2.75, 3.05) is 0 Å². The molecule has 0 unspecified atom stereocenters. The molecule has 152 valence electrons. The first-order valence-electron chi connectivity index (χ1n) is 9.66. The topological polar surface area (TPSA) is 21.2 Å². The fraction of sp³-hybridized carbons (Fsp3) is 0.0833. The van der Waals surface area contributed by atoms with E-state index < -0.39 is 28.8 Å². The Morgan fingerprint density at radius 2 is 1.48 bits per heavy atom. The summed E-state index contributed by atoms with van der Waals surface area (Å²) >= 11 is 0. The molecule has 7 heteroatoms. The normalized spacial score (nSPS) is 12.2. The molecule has 0 amide bonds. The second-order valence-electron chi connectivity index (χ2n) is 7.70. The van der Waals surface area contributed by atoms with Crippen molar-refractivity contribution in [3.8, 4) is 11.3 Å². The summed E-state index contributed by atoms with van der Waals surface area (Å²) in [5.74, 6) is -6.68. The van der Waals surface area contributed by atoms with Crippen LogP contribution < -0.4 is 4.57 Å². The zero-order valence-electron chi connectivity index (χ0n) is 16.5. The second-order valence-corrected chi connectivity index (χ2v) is 7.70. The number of hydrogen-bond donors (Lipinski definition) is 0. The number of aromatic nitrogens is 3. The van der Waals surface area contributed by atoms with Crippen LogP contribution in [0.1, 0.15) is 5.69 Å². The minimum absolute atomic E-state index is 0.234. The van der Waals surface area contributed by atoms with Crippen molar-refractivity contribution >= 4 is 38.1 Å². The first kappa shape index (κ1) is 18.1. The lowest BCUT2D eigenvalue weighted by Gasteiger charge is -2.09. The van der Waals surface area contributed by atoms with E-state index in [1.54, 1.807) is 7.05 Å².